The molecule has 0 radical (unpaired) electrons. The van der Waals surface area contributed by atoms with E-state index >= 15 is 0 Å². The molecule has 1 nitrogen and oxygen atoms in total. The fraction of sp³-hybridized carbons (Fsp3) is 0.522. The molecule has 0 saturated heterocycles. The van der Waals surface area contributed by atoms with Gasteiger partial charge in [-0.1, -0.05) is 91.8 Å². The minimum atomic E-state index is 0.704. The molecule has 0 spiro atoms. The first-order valence-electron chi connectivity index (χ1n) is 9.51. The van der Waals surface area contributed by atoms with E-state index in [1.165, 1.54) is 17.7 Å². The first-order chi connectivity index (χ1) is 11.6. The van der Waals surface area contributed by atoms with Crippen LogP contribution in [0.3, 0.4) is 0 Å². The van der Waals surface area contributed by atoms with Crippen molar-refractivity contribution < 1.29 is 0 Å². The Labute approximate surface area is 151 Å². The highest BCUT2D eigenvalue weighted by molar-refractivity contribution is 5.14. The van der Waals surface area contributed by atoms with Crippen LogP contribution in [0.1, 0.15) is 66.6 Å². The molecule has 0 aliphatic heterocycles. The number of hydrogen-bond donors (Lipinski definition) is 0. The van der Waals surface area contributed by atoms with E-state index in [2.05, 4.69) is 69.1 Å². The van der Waals surface area contributed by atoms with Crippen LogP contribution in [0.5, 0.6) is 0 Å². The van der Waals surface area contributed by atoms with Crippen molar-refractivity contribution in [3.8, 4) is 0 Å². The van der Waals surface area contributed by atoms with E-state index in [-0.39, 0.29) is 0 Å². The second-order valence-electron chi connectivity index (χ2n) is 6.00. The molecule has 0 atom stereocenters. The Bertz CT molecular complexity index is 400. The molecule has 0 saturated carbocycles. The maximum atomic E-state index is 4.22. The lowest BCUT2D eigenvalue weighted by Gasteiger charge is -2.02. The molecule has 1 aromatic carbocycles. The lowest BCUT2D eigenvalue weighted by molar-refractivity contribution is 0.635. The van der Waals surface area contributed by atoms with E-state index in [1.54, 1.807) is 0 Å². The molecule has 1 heteroatoms. The van der Waals surface area contributed by atoms with E-state index < -0.39 is 0 Å². The summed E-state index contributed by atoms with van der Waals surface area (Å²) >= 11 is 0. The van der Waals surface area contributed by atoms with Gasteiger partial charge in [-0.15, -0.1) is 0 Å². The van der Waals surface area contributed by atoms with Gasteiger partial charge >= 0.3 is 0 Å². The van der Waals surface area contributed by atoms with Gasteiger partial charge in [0.1, 0.15) is 0 Å². The highest BCUT2D eigenvalue weighted by atomic mass is 14.7. The molecule has 2 rings (SSSR count). The van der Waals surface area contributed by atoms with Gasteiger partial charge in [-0.25, -0.2) is 0 Å². The molecular weight excluding hydrogens is 290 g/mol. The average Bonchev–Trinajstić information content (AvgIpc) is 2.60. The van der Waals surface area contributed by atoms with Gasteiger partial charge in [-0.3, -0.25) is 4.98 Å². The predicted octanol–water partition coefficient (Wildman–Crippen LogP) is 7.22. The van der Waals surface area contributed by atoms with Crippen molar-refractivity contribution >= 4 is 0 Å². The van der Waals surface area contributed by atoms with Gasteiger partial charge in [-0.05, 0) is 42.4 Å². The summed E-state index contributed by atoms with van der Waals surface area (Å²) in [7, 11) is 0. The predicted molar refractivity (Wildman–Crippen MR) is 110 cm³/mol. The number of hydrogen-bond acceptors (Lipinski definition) is 1. The Morgan fingerprint density at radius 1 is 0.667 bits per heavy atom. The molecule has 0 amide bonds. The summed E-state index contributed by atoms with van der Waals surface area (Å²) in [5.41, 5.74) is 2.63. The largest absolute Gasteiger partial charge is 0.261 e. The number of rotatable bonds is 4. The van der Waals surface area contributed by atoms with Crippen molar-refractivity contribution in [1.29, 1.82) is 0 Å². The highest BCUT2D eigenvalue weighted by Crippen LogP contribution is 2.06. The van der Waals surface area contributed by atoms with Gasteiger partial charge in [0.05, 0.1) is 0 Å². The van der Waals surface area contributed by atoms with Crippen LogP contribution in [0.25, 0.3) is 0 Å². The molecule has 0 bridgehead atoms. The summed E-state index contributed by atoms with van der Waals surface area (Å²) in [4.78, 5) is 4.22. The Morgan fingerprint density at radius 2 is 1.17 bits per heavy atom. The van der Waals surface area contributed by atoms with Gasteiger partial charge in [0.2, 0.25) is 0 Å². The summed E-state index contributed by atoms with van der Waals surface area (Å²) < 4.78 is 0. The molecule has 0 N–H and O–H groups in total. The molecule has 1 aromatic heterocycles. The second kappa shape index (κ2) is 17.7. The Kier molecular flexibility index (Phi) is 18.2. The third-order valence-corrected chi connectivity index (χ3v) is 2.83. The zero-order valence-corrected chi connectivity index (χ0v) is 17.2. The Balaban J connectivity index is 0. The number of nitrogens with zero attached hydrogens (tertiary/aromatic N) is 1. The summed E-state index contributed by atoms with van der Waals surface area (Å²) in [5, 5.41) is 0. The molecule has 0 aliphatic carbocycles. The Morgan fingerprint density at radius 3 is 1.58 bits per heavy atom. The van der Waals surface area contributed by atoms with Crippen molar-refractivity contribution in [1.82, 2.24) is 4.98 Å². The molecule has 2 aromatic rings. The van der Waals surface area contributed by atoms with Crippen molar-refractivity contribution in [2.24, 2.45) is 11.8 Å². The third-order valence-electron chi connectivity index (χ3n) is 2.83. The van der Waals surface area contributed by atoms with Gasteiger partial charge < -0.3 is 0 Å². The normalized spacial score (nSPS) is 9.08. The van der Waals surface area contributed by atoms with Gasteiger partial charge in [0.15, 0.2) is 0 Å². The van der Waals surface area contributed by atoms with Crippen LogP contribution in [0, 0.1) is 11.8 Å². The van der Waals surface area contributed by atoms with Crippen LogP contribution in [-0.4, -0.2) is 4.98 Å². The van der Waals surface area contributed by atoms with E-state index in [1.807, 2.05) is 46.0 Å². The topological polar surface area (TPSA) is 12.9 Å². The summed E-state index contributed by atoms with van der Waals surface area (Å²) in [5.74, 6) is 1.47. The standard InChI is InChI=1S/C10H14.C9H13N.2C2H6/c1-9(2)8-10-6-4-3-5-7-10;1-8(2)7-9-5-3-4-6-10-9;2*1-2/h3-7,9H,8H2,1-2H3;3-6,8H,7H2,1-2H3;2*1-2H3. The zero-order chi connectivity index (χ0) is 18.8. The number of benzene rings is 1. The van der Waals surface area contributed by atoms with E-state index in [4.69, 9.17) is 0 Å². The van der Waals surface area contributed by atoms with Crippen LogP contribution in [0.15, 0.2) is 54.7 Å². The second-order valence-corrected chi connectivity index (χ2v) is 6.00. The molecule has 0 aliphatic rings. The first-order valence-corrected chi connectivity index (χ1v) is 9.51. The number of aromatic nitrogens is 1. The fourth-order valence-electron chi connectivity index (χ4n) is 2.02. The van der Waals surface area contributed by atoms with E-state index in [9.17, 15) is 0 Å². The smallest absolute Gasteiger partial charge is 0.0406 e. The quantitative estimate of drug-likeness (QED) is 0.577. The summed E-state index contributed by atoms with van der Waals surface area (Å²) in [6.45, 7) is 16.9. The molecule has 1 heterocycles. The zero-order valence-electron chi connectivity index (χ0n) is 17.2. The van der Waals surface area contributed by atoms with Crippen LogP contribution < -0.4 is 0 Å². The van der Waals surface area contributed by atoms with Crippen LogP contribution in [0.4, 0.5) is 0 Å². The molecule has 136 valence electrons. The van der Waals surface area contributed by atoms with Crippen LogP contribution in [-0.2, 0) is 12.8 Å². The minimum absolute atomic E-state index is 0.704. The number of pyridine rings is 1. The van der Waals surface area contributed by atoms with E-state index in [0.29, 0.717) is 5.92 Å². The molecule has 0 fully saturated rings. The SMILES string of the molecule is CC.CC.CC(C)Cc1ccccc1.CC(C)Cc1ccccn1. The average molecular weight is 330 g/mol. The Hall–Kier alpha value is -1.63. The van der Waals surface area contributed by atoms with Crippen molar-refractivity contribution in [3.05, 3.63) is 66.0 Å². The highest BCUT2D eigenvalue weighted by Gasteiger charge is 1.95. The van der Waals surface area contributed by atoms with Gasteiger partial charge in [-0.2, -0.15) is 0 Å². The van der Waals surface area contributed by atoms with Gasteiger partial charge in [0, 0.05) is 11.9 Å². The first kappa shape index (κ1) is 24.6. The molecular formula is C23H39N. The lowest BCUT2D eigenvalue weighted by atomic mass is 10.0. The van der Waals surface area contributed by atoms with Crippen LogP contribution >= 0.6 is 0 Å². The fourth-order valence-corrected chi connectivity index (χ4v) is 2.02. The monoisotopic (exact) mass is 329 g/mol. The minimum Gasteiger partial charge on any atom is -0.261 e. The van der Waals surface area contributed by atoms with E-state index in [0.717, 1.165) is 12.3 Å². The van der Waals surface area contributed by atoms with Gasteiger partial charge in [0.25, 0.3) is 0 Å². The third kappa shape index (κ3) is 15.3. The molecule has 0 unspecified atom stereocenters. The summed E-state index contributed by atoms with van der Waals surface area (Å²) in [6.07, 6.45) is 4.12. The van der Waals surface area contributed by atoms with Crippen LogP contribution in [0.2, 0.25) is 0 Å². The maximum absolute atomic E-state index is 4.22. The van der Waals surface area contributed by atoms with Crippen molar-refractivity contribution in [3.63, 3.8) is 0 Å². The maximum Gasteiger partial charge on any atom is 0.0406 e. The van der Waals surface area contributed by atoms with Crippen molar-refractivity contribution in [2.45, 2.75) is 68.2 Å². The van der Waals surface area contributed by atoms with Crippen molar-refractivity contribution in [2.75, 3.05) is 0 Å². The lowest BCUT2D eigenvalue weighted by Crippen LogP contribution is -1.95. The summed E-state index contributed by atoms with van der Waals surface area (Å²) in [6, 6.07) is 16.7. The molecule has 24 heavy (non-hydrogen) atoms.